The zero-order chi connectivity index (χ0) is 53.9. The SMILES string of the molecule is CCCCCCCCCCCCCCCCCC(=O)O[C@H](COC(=O)CCC[C@@H](O)[C@H](O)/C=C/C=C/C=C\C=C\[C@H](O)CCCCC)COP(=O)(O)OP(=O)(O)OC[C@H]1O[C@@H](n2ccc(N)nc2=O)[C@H](O)[C@@H]1O. The molecule has 0 saturated carbocycles. The molecule has 0 bridgehead atoms. The zero-order valence-corrected chi connectivity index (χ0v) is 44.6. The second kappa shape index (κ2) is 38.2. The van der Waals surface area contributed by atoms with Crippen LogP contribution in [0.4, 0.5) is 5.82 Å². The summed E-state index contributed by atoms with van der Waals surface area (Å²) in [5.74, 6) is -1.64. The van der Waals surface area contributed by atoms with Crippen molar-refractivity contribution in [3.05, 3.63) is 71.4 Å². The van der Waals surface area contributed by atoms with Crippen LogP contribution in [0.1, 0.15) is 168 Å². The number of hydrogen-bond acceptors (Lipinski definition) is 18. The lowest BCUT2D eigenvalue weighted by atomic mass is 10.0. The van der Waals surface area contributed by atoms with Gasteiger partial charge in [-0.1, -0.05) is 172 Å². The topological polar surface area (TPSA) is 326 Å². The van der Waals surface area contributed by atoms with Crippen LogP contribution in [0.25, 0.3) is 0 Å². The van der Waals surface area contributed by atoms with Crippen LogP contribution in [0.2, 0.25) is 0 Å². The molecular weight excluding hydrogens is 993 g/mol. The number of nitrogen functional groups attached to an aromatic ring is 1. The molecule has 2 unspecified atom stereocenters. The molecular formula is C50H85N3O18P2. The number of aliphatic hydroxyl groups excluding tert-OH is 5. The van der Waals surface area contributed by atoms with Crippen molar-refractivity contribution in [3.63, 3.8) is 0 Å². The maximum absolute atomic E-state index is 12.9. The molecule has 0 aliphatic carbocycles. The smallest absolute Gasteiger partial charge is 0.462 e. The molecule has 418 valence electrons. The van der Waals surface area contributed by atoms with Crippen molar-refractivity contribution in [3.8, 4) is 0 Å². The standard InChI is InChI=1S/C50H85N3O18P2/c1-3-5-7-8-9-10-11-12-13-14-15-16-17-22-26-32-46(58)69-40(36-66-45(57)33-27-31-42(56)41(55)30-25-21-19-18-20-24-29-39(54)28-23-6-4-2)37-67-72(62,63)71-73(64,65)68-38-43-47(59)48(60)49(70-43)53-35-34-44(51)52-50(53)61/h18-21,24-25,29-30,34-35,39-43,47-49,54-56,59-60H,3-17,22-23,26-28,31-33,36-38H2,1-2H3,(H,62,63)(H,64,65)(H2,51,52,61)/b20-18-,21-19+,29-24+,30-25+/t39-,40-,41-,42-,43-,47-,48-,49-/m1/s1. The number of allylic oxidation sites excluding steroid dienone is 6. The Hall–Kier alpha value is -3.40. The largest absolute Gasteiger partial charge is 0.481 e. The molecule has 1 aliphatic heterocycles. The van der Waals surface area contributed by atoms with Crippen molar-refractivity contribution in [2.45, 2.75) is 210 Å². The monoisotopic (exact) mass is 1080 g/mol. The predicted molar refractivity (Wildman–Crippen MR) is 274 cm³/mol. The number of esters is 2. The van der Waals surface area contributed by atoms with Gasteiger partial charge in [-0.2, -0.15) is 9.29 Å². The fraction of sp³-hybridized carbons (Fsp3) is 0.720. The molecule has 23 heteroatoms. The van der Waals surface area contributed by atoms with E-state index >= 15 is 0 Å². The molecule has 1 saturated heterocycles. The van der Waals surface area contributed by atoms with Gasteiger partial charge in [0.05, 0.1) is 31.5 Å². The van der Waals surface area contributed by atoms with Gasteiger partial charge in [-0.05, 0) is 31.7 Å². The predicted octanol–water partition coefficient (Wildman–Crippen LogP) is 7.47. The minimum atomic E-state index is -5.50. The van der Waals surface area contributed by atoms with Crippen LogP contribution in [0.5, 0.6) is 0 Å². The number of hydrogen-bond donors (Lipinski definition) is 8. The molecule has 0 aromatic carbocycles. The summed E-state index contributed by atoms with van der Waals surface area (Å²) in [5, 5.41) is 51.6. The molecule has 0 amide bonds. The molecule has 2 rings (SSSR count). The first-order valence-electron chi connectivity index (χ1n) is 26.0. The summed E-state index contributed by atoms with van der Waals surface area (Å²) in [4.78, 5) is 62.0. The van der Waals surface area contributed by atoms with Gasteiger partial charge in [-0.15, -0.1) is 0 Å². The van der Waals surface area contributed by atoms with Gasteiger partial charge in [0.2, 0.25) is 0 Å². The molecule has 73 heavy (non-hydrogen) atoms. The van der Waals surface area contributed by atoms with Gasteiger partial charge in [-0.25, -0.2) is 13.9 Å². The molecule has 1 fully saturated rings. The summed E-state index contributed by atoms with van der Waals surface area (Å²) in [6.45, 7) is 1.72. The highest BCUT2D eigenvalue weighted by Crippen LogP contribution is 2.60. The van der Waals surface area contributed by atoms with Crippen molar-refractivity contribution >= 4 is 33.4 Å². The summed E-state index contributed by atoms with van der Waals surface area (Å²) in [6.07, 6.45) is 24.0. The lowest BCUT2D eigenvalue weighted by molar-refractivity contribution is -0.161. The number of aliphatic hydroxyl groups is 5. The first-order valence-corrected chi connectivity index (χ1v) is 29.0. The van der Waals surface area contributed by atoms with E-state index in [0.717, 1.165) is 62.1 Å². The van der Waals surface area contributed by atoms with Crippen LogP contribution in [0, 0.1) is 0 Å². The lowest BCUT2D eigenvalue weighted by Crippen LogP contribution is -2.36. The molecule has 21 nitrogen and oxygen atoms in total. The van der Waals surface area contributed by atoms with Gasteiger partial charge in [0.1, 0.15) is 30.7 Å². The van der Waals surface area contributed by atoms with E-state index in [1.807, 2.05) is 0 Å². The van der Waals surface area contributed by atoms with Gasteiger partial charge in [0, 0.05) is 19.0 Å². The lowest BCUT2D eigenvalue weighted by Gasteiger charge is -2.21. The highest BCUT2D eigenvalue weighted by molar-refractivity contribution is 7.61. The van der Waals surface area contributed by atoms with Crippen LogP contribution in [-0.4, -0.2) is 119 Å². The number of carbonyl (C=O) groups is 2. The van der Waals surface area contributed by atoms with E-state index in [1.54, 1.807) is 42.5 Å². The third-order valence-electron chi connectivity index (χ3n) is 11.8. The molecule has 0 spiro atoms. The van der Waals surface area contributed by atoms with Gasteiger partial charge in [0.25, 0.3) is 0 Å². The Morgan fingerprint density at radius 2 is 1.25 bits per heavy atom. The highest BCUT2D eigenvalue weighted by atomic mass is 31.3. The number of phosphoric acid groups is 2. The van der Waals surface area contributed by atoms with Crippen molar-refractivity contribution in [2.24, 2.45) is 0 Å². The van der Waals surface area contributed by atoms with Crippen molar-refractivity contribution in [1.82, 2.24) is 9.55 Å². The van der Waals surface area contributed by atoms with Crippen LogP contribution < -0.4 is 11.4 Å². The summed E-state index contributed by atoms with van der Waals surface area (Å²) in [6, 6.07) is 1.23. The normalized spacial score (nSPS) is 20.7. The van der Waals surface area contributed by atoms with E-state index in [4.69, 9.17) is 29.0 Å². The quantitative estimate of drug-likeness (QED) is 0.0136. The Kier molecular flexibility index (Phi) is 34.4. The molecule has 0 radical (unpaired) electrons. The Balaban J connectivity index is 1.88. The summed E-state index contributed by atoms with van der Waals surface area (Å²) in [7, 11) is -11.0. The first kappa shape index (κ1) is 65.7. The second-order valence-corrected chi connectivity index (χ2v) is 21.3. The Morgan fingerprint density at radius 3 is 1.85 bits per heavy atom. The fourth-order valence-electron chi connectivity index (χ4n) is 7.58. The Labute approximate surface area is 430 Å². The maximum Gasteiger partial charge on any atom is 0.481 e. The molecule has 2 heterocycles. The maximum atomic E-state index is 12.9. The molecule has 9 N–H and O–H groups in total. The number of nitrogens with zero attached hydrogens (tertiary/aromatic N) is 2. The third-order valence-corrected chi connectivity index (χ3v) is 14.4. The van der Waals surface area contributed by atoms with Crippen LogP contribution in [-0.2, 0) is 46.3 Å². The van der Waals surface area contributed by atoms with Gasteiger partial charge in [0.15, 0.2) is 12.3 Å². The zero-order valence-electron chi connectivity index (χ0n) is 42.8. The molecule has 1 aromatic rings. The van der Waals surface area contributed by atoms with E-state index in [9.17, 15) is 58.8 Å². The third kappa shape index (κ3) is 30.7. The van der Waals surface area contributed by atoms with E-state index < -0.39 is 102 Å². The Morgan fingerprint density at radius 1 is 0.712 bits per heavy atom. The minimum absolute atomic E-state index is 0.0117. The Bertz CT molecular complexity index is 1970. The van der Waals surface area contributed by atoms with Crippen molar-refractivity contribution in [2.75, 3.05) is 25.6 Å². The molecule has 1 aliphatic rings. The van der Waals surface area contributed by atoms with Crippen LogP contribution in [0.3, 0.4) is 0 Å². The highest BCUT2D eigenvalue weighted by Gasteiger charge is 2.46. The van der Waals surface area contributed by atoms with E-state index in [-0.39, 0.29) is 31.5 Å². The first-order chi connectivity index (χ1) is 34.9. The van der Waals surface area contributed by atoms with Crippen molar-refractivity contribution in [1.29, 1.82) is 0 Å². The minimum Gasteiger partial charge on any atom is -0.462 e. The average molecular weight is 1080 g/mol. The summed E-state index contributed by atoms with van der Waals surface area (Å²) < 4.78 is 56.5. The van der Waals surface area contributed by atoms with E-state index in [0.29, 0.717) is 12.8 Å². The number of carbonyl (C=O) groups excluding carboxylic acids is 2. The molecule has 10 atom stereocenters. The van der Waals surface area contributed by atoms with Crippen LogP contribution >= 0.6 is 15.6 Å². The number of rotatable bonds is 42. The average Bonchev–Trinajstić information content (AvgIpc) is 3.62. The number of ether oxygens (including phenoxy) is 3. The van der Waals surface area contributed by atoms with Crippen molar-refractivity contribution < 1.29 is 81.6 Å². The number of unbranched alkanes of at least 4 members (excludes halogenated alkanes) is 16. The van der Waals surface area contributed by atoms with Gasteiger partial charge >= 0.3 is 33.3 Å². The summed E-state index contributed by atoms with van der Waals surface area (Å²) >= 11 is 0. The summed E-state index contributed by atoms with van der Waals surface area (Å²) in [5.41, 5.74) is 4.56. The molecule has 1 aromatic heterocycles. The van der Waals surface area contributed by atoms with Gasteiger partial charge < -0.3 is 55.3 Å². The van der Waals surface area contributed by atoms with Crippen LogP contribution in [0.15, 0.2) is 65.7 Å². The number of nitrogens with two attached hydrogens (primary N) is 1. The van der Waals surface area contributed by atoms with Gasteiger partial charge in [-0.3, -0.25) is 23.2 Å². The number of aromatic nitrogens is 2. The van der Waals surface area contributed by atoms with E-state index in [2.05, 4.69) is 23.1 Å². The fourth-order valence-corrected chi connectivity index (χ4v) is 9.69. The second-order valence-electron chi connectivity index (χ2n) is 18.2. The number of anilines is 1. The van der Waals surface area contributed by atoms with E-state index in [1.165, 1.54) is 69.9 Å². The number of phosphoric ester groups is 2.